The first-order chi connectivity index (χ1) is 6.89. The van der Waals surface area contributed by atoms with E-state index in [4.69, 9.17) is 27.2 Å². The van der Waals surface area contributed by atoms with Crippen LogP contribution < -0.4 is 10.5 Å². The van der Waals surface area contributed by atoms with Crippen molar-refractivity contribution in [3.8, 4) is 5.75 Å². The standard InChI is InChI=1S/C10H12ClNO3.ClH/c1-10(12,9(13)14)7-5-6(11)3-4-8(7)15-2;/h3-5H,12H2,1-2H3,(H,13,14);1H. The highest BCUT2D eigenvalue weighted by Gasteiger charge is 2.33. The van der Waals surface area contributed by atoms with Crippen molar-refractivity contribution in [2.75, 3.05) is 7.11 Å². The summed E-state index contributed by atoms with van der Waals surface area (Å²) in [7, 11) is 1.45. The van der Waals surface area contributed by atoms with E-state index in [0.717, 1.165) is 0 Å². The van der Waals surface area contributed by atoms with Gasteiger partial charge in [0.25, 0.3) is 0 Å². The largest absolute Gasteiger partial charge is 0.496 e. The quantitative estimate of drug-likeness (QED) is 0.877. The Morgan fingerprint density at radius 1 is 1.56 bits per heavy atom. The van der Waals surface area contributed by atoms with E-state index < -0.39 is 11.5 Å². The van der Waals surface area contributed by atoms with Crippen molar-refractivity contribution in [2.45, 2.75) is 12.5 Å². The number of hydrogen-bond acceptors (Lipinski definition) is 3. The van der Waals surface area contributed by atoms with Gasteiger partial charge in [0.1, 0.15) is 11.3 Å². The summed E-state index contributed by atoms with van der Waals surface area (Å²) in [5, 5.41) is 9.40. The number of carbonyl (C=O) groups is 1. The molecule has 6 heteroatoms. The number of benzene rings is 1. The van der Waals surface area contributed by atoms with Crippen molar-refractivity contribution in [3.63, 3.8) is 0 Å². The molecule has 1 atom stereocenters. The van der Waals surface area contributed by atoms with E-state index in [2.05, 4.69) is 0 Å². The molecule has 16 heavy (non-hydrogen) atoms. The summed E-state index contributed by atoms with van der Waals surface area (Å²) in [5.74, 6) is -0.727. The molecule has 1 rings (SSSR count). The van der Waals surface area contributed by atoms with Gasteiger partial charge in [0.2, 0.25) is 0 Å². The molecule has 0 aliphatic rings. The SMILES string of the molecule is COc1ccc(Cl)cc1C(C)(N)C(=O)O.Cl. The number of aliphatic carboxylic acids is 1. The highest BCUT2D eigenvalue weighted by Crippen LogP contribution is 2.30. The molecule has 0 amide bonds. The number of methoxy groups -OCH3 is 1. The van der Waals surface area contributed by atoms with Gasteiger partial charge in [-0.1, -0.05) is 11.6 Å². The number of nitrogens with two attached hydrogens (primary N) is 1. The minimum atomic E-state index is -1.52. The fraction of sp³-hybridized carbons (Fsp3) is 0.300. The first kappa shape index (κ1) is 15.0. The highest BCUT2D eigenvalue weighted by atomic mass is 35.5. The first-order valence-corrected chi connectivity index (χ1v) is 4.63. The number of halogens is 2. The van der Waals surface area contributed by atoms with Gasteiger partial charge in [-0.15, -0.1) is 12.4 Å². The van der Waals surface area contributed by atoms with Gasteiger partial charge in [0, 0.05) is 10.6 Å². The van der Waals surface area contributed by atoms with Gasteiger partial charge in [-0.05, 0) is 25.1 Å². The fourth-order valence-electron chi connectivity index (χ4n) is 1.20. The van der Waals surface area contributed by atoms with Crippen LogP contribution in [0.2, 0.25) is 5.02 Å². The van der Waals surface area contributed by atoms with Crippen LogP contribution in [0.5, 0.6) is 5.75 Å². The Labute approximate surface area is 105 Å². The Morgan fingerprint density at radius 2 is 2.12 bits per heavy atom. The third kappa shape index (κ3) is 2.78. The second-order valence-corrected chi connectivity index (χ2v) is 3.79. The molecule has 0 radical (unpaired) electrons. The van der Waals surface area contributed by atoms with Gasteiger partial charge >= 0.3 is 5.97 Å². The Hall–Kier alpha value is -0.970. The van der Waals surface area contributed by atoms with E-state index in [-0.39, 0.29) is 12.4 Å². The highest BCUT2D eigenvalue weighted by molar-refractivity contribution is 6.30. The number of hydrogen-bond donors (Lipinski definition) is 2. The van der Waals surface area contributed by atoms with E-state index in [0.29, 0.717) is 16.3 Å². The molecule has 4 nitrogen and oxygen atoms in total. The molecular weight excluding hydrogens is 253 g/mol. The maximum absolute atomic E-state index is 11.0. The molecule has 0 saturated heterocycles. The van der Waals surface area contributed by atoms with Crippen LogP contribution in [0.15, 0.2) is 18.2 Å². The predicted molar refractivity (Wildman–Crippen MR) is 64.4 cm³/mol. The zero-order valence-electron chi connectivity index (χ0n) is 8.86. The monoisotopic (exact) mass is 265 g/mol. The summed E-state index contributed by atoms with van der Waals surface area (Å²) in [5.41, 5.74) is 4.52. The number of carboxylic acids is 1. The van der Waals surface area contributed by atoms with Crippen LogP contribution in [0, 0.1) is 0 Å². The van der Waals surface area contributed by atoms with Crippen LogP contribution in [0.3, 0.4) is 0 Å². The average Bonchev–Trinajstić information content (AvgIpc) is 2.17. The zero-order chi connectivity index (χ0) is 11.6. The van der Waals surface area contributed by atoms with Crippen molar-refractivity contribution < 1.29 is 14.6 Å². The van der Waals surface area contributed by atoms with Crippen molar-refractivity contribution in [1.82, 2.24) is 0 Å². The number of rotatable bonds is 3. The number of ether oxygens (including phenoxy) is 1. The second kappa shape index (κ2) is 5.39. The van der Waals surface area contributed by atoms with Crippen LogP contribution in [0.4, 0.5) is 0 Å². The van der Waals surface area contributed by atoms with Gasteiger partial charge in [-0.3, -0.25) is 0 Å². The van der Waals surface area contributed by atoms with Crippen LogP contribution in [-0.2, 0) is 10.3 Å². The number of carboxylic acid groups (broad SMARTS) is 1. The van der Waals surface area contributed by atoms with Crippen molar-refractivity contribution in [3.05, 3.63) is 28.8 Å². The van der Waals surface area contributed by atoms with Crippen LogP contribution >= 0.6 is 24.0 Å². The molecule has 0 heterocycles. The Morgan fingerprint density at radius 3 is 2.56 bits per heavy atom. The normalized spacial score (nSPS) is 13.5. The summed E-state index contributed by atoms with van der Waals surface area (Å²) in [6.07, 6.45) is 0. The molecule has 90 valence electrons. The Kier molecular flexibility index (Phi) is 5.06. The fourth-order valence-corrected chi connectivity index (χ4v) is 1.37. The lowest BCUT2D eigenvalue weighted by molar-refractivity contribution is -0.143. The molecular formula is C10H13Cl2NO3. The lowest BCUT2D eigenvalue weighted by atomic mass is 9.92. The molecule has 0 bridgehead atoms. The van der Waals surface area contributed by atoms with Gasteiger partial charge in [0.15, 0.2) is 0 Å². The van der Waals surface area contributed by atoms with Crippen LogP contribution in [0.1, 0.15) is 12.5 Å². The third-order valence-corrected chi connectivity index (χ3v) is 2.40. The lowest BCUT2D eigenvalue weighted by Crippen LogP contribution is -2.41. The molecule has 0 spiro atoms. The Balaban J connectivity index is 0.00000225. The summed E-state index contributed by atoms with van der Waals surface area (Å²) in [6.45, 7) is 1.39. The van der Waals surface area contributed by atoms with Gasteiger partial charge in [-0.25, -0.2) is 4.79 Å². The van der Waals surface area contributed by atoms with Crippen LogP contribution in [-0.4, -0.2) is 18.2 Å². The third-order valence-electron chi connectivity index (χ3n) is 2.17. The molecule has 0 aliphatic heterocycles. The molecule has 3 N–H and O–H groups in total. The van der Waals surface area contributed by atoms with Gasteiger partial charge < -0.3 is 15.6 Å². The van der Waals surface area contributed by atoms with E-state index in [1.807, 2.05) is 0 Å². The van der Waals surface area contributed by atoms with E-state index >= 15 is 0 Å². The molecule has 0 aromatic heterocycles. The minimum absolute atomic E-state index is 0. The average molecular weight is 266 g/mol. The summed E-state index contributed by atoms with van der Waals surface area (Å²) >= 11 is 5.78. The maximum atomic E-state index is 11.0. The molecule has 1 aromatic rings. The summed E-state index contributed by atoms with van der Waals surface area (Å²) in [6, 6.07) is 4.70. The first-order valence-electron chi connectivity index (χ1n) is 4.26. The Bertz CT molecular complexity index is 394. The molecule has 0 aliphatic carbocycles. The zero-order valence-corrected chi connectivity index (χ0v) is 10.4. The summed E-state index contributed by atoms with van der Waals surface area (Å²) in [4.78, 5) is 11.0. The maximum Gasteiger partial charge on any atom is 0.328 e. The van der Waals surface area contributed by atoms with Crippen molar-refractivity contribution >= 4 is 30.0 Å². The van der Waals surface area contributed by atoms with E-state index in [9.17, 15) is 4.79 Å². The second-order valence-electron chi connectivity index (χ2n) is 3.35. The minimum Gasteiger partial charge on any atom is -0.496 e. The van der Waals surface area contributed by atoms with Gasteiger partial charge in [0.05, 0.1) is 7.11 Å². The van der Waals surface area contributed by atoms with Gasteiger partial charge in [-0.2, -0.15) is 0 Å². The predicted octanol–water partition coefficient (Wildman–Crippen LogP) is 2.03. The van der Waals surface area contributed by atoms with Crippen LogP contribution in [0.25, 0.3) is 0 Å². The molecule has 0 saturated carbocycles. The van der Waals surface area contributed by atoms with E-state index in [1.54, 1.807) is 12.1 Å². The van der Waals surface area contributed by atoms with Crippen molar-refractivity contribution in [2.24, 2.45) is 5.73 Å². The topological polar surface area (TPSA) is 72.5 Å². The van der Waals surface area contributed by atoms with Crippen molar-refractivity contribution in [1.29, 1.82) is 0 Å². The lowest BCUT2D eigenvalue weighted by Gasteiger charge is -2.22. The van der Waals surface area contributed by atoms with E-state index in [1.165, 1.54) is 20.1 Å². The molecule has 0 fully saturated rings. The smallest absolute Gasteiger partial charge is 0.328 e. The molecule has 1 aromatic carbocycles. The molecule has 1 unspecified atom stereocenters. The summed E-state index contributed by atoms with van der Waals surface area (Å²) < 4.78 is 5.03.